The monoisotopic (exact) mass is 369 g/mol. The van der Waals surface area contributed by atoms with Crippen LogP contribution >= 0.6 is 11.8 Å². The fourth-order valence-electron chi connectivity index (χ4n) is 2.67. The van der Waals surface area contributed by atoms with Gasteiger partial charge in [-0.2, -0.15) is 0 Å². The molecule has 26 heavy (non-hydrogen) atoms. The van der Waals surface area contributed by atoms with E-state index in [1.165, 1.54) is 11.8 Å². The number of thioether (sulfide) groups is 1. The molecule has 1 aromatic heterocycles. The van der Waals surface area contributed by atoms with Gasteiger partial charge in [-0.3, -0.25) is 9.36 Å². The van der Waals surface area contributed by atoms with E-state index < -0.39 is 0 Å². The number of carbonyl (C=O) groups is 1. The number of nitrogens with one attached hydrogen (secondary N) is 1. The number of hydrogen-bond donors (Lipinski definition) is 1. The van der Waals surface area contributed by atoms with Gasteiger partial charge in [-0.05, 0) is 49.7 Å². The molecule has 1 atom stereocenters. The zero-order valence-corrected chi connectivity index (χ0v) is 16.0. The van der Waals surface area contributed by atoms with Crippen molar-refractivity contribution in [1.82, 2.24) is 14.9 Å². The van der Waals surface area contributed by atoms with Crippen molar-refractivity contribution in [2.24, 2.45) is 0 Å². The van der Waals surface area contributed by atoms with Crippen molar-refractivity contribution in [3.63, 3.8) is 0 Å². The van der Waals surface area contributed by atoms with E-state index in [2.05, 4.69) is 9.88 Å². The molecule has 3 aromatic rings. The topological polar surface area (TPSA) is 56.2 Å². The summed E-state index contributed by atoms with van der Waals surface area (Å²) in [5.41, 5.74) is 2.91. The molecule has 0 aliphatic heterocycles. The minimum absolute atomic E-state index is 0.0326. The zero-order chi connectivity index (χ0) is 18.5. The molecule has 0 radical (unpaired) electrons. The van der Waals surface area contributed by atoms with E-state index in [1.807, 2.05) is 62.4 Å². The lowest BCUT2D eigenvalue weighted by molar-refractivity contribution is -0.120. The van der Waals surface area contributed by atoms with Crippen molar-refractivity contribution in [1.29, 1.82) is 0 Å². The van der Waals surface area contributed by atoms with E-state index in [9.17, 15) is 4.79 Å². The molecule has 2 aromatic carbocycles. The third kappa shape index (κ3) is 3.85. The normalized spacial score (nSPS) is 12.1. The number of para-hydroxylation sites is 2. The maximum absolute atomic E-state index is 12.3. The minimum Gasteiger partial charge on any atom is -0.497 e. The van der Waals surface area contributed by atoms with Crippen LogP contribution in [0.4, 0.5) is 0 Å². The van der Waals surface area contributed by atoms with Gasteiger partial charge >= 0.3 is 0 Å². The first kappa shape index (κ1) is 18.3. The number of hydrogen-bond acceptors (Lipinski definition) is 4. The Bertz CT molecular complexity index is 890. The highest BCUT2D eigenvalue weighted by Gasteiger charge is 2.20. The number of benzene rings is 2. The SMILES string of the molecule is CCCNC(=O)C(C)Sc1nc2ccccc2n1-c1ccc(OC)cc1. The van der Waals surface area contributed by atoms with E-state index in [1.54, 1.807) is 7.11 Å². The molecule has 1 N–H and O–H groups in total. The van der Waals surface area contributed by atoms with Gasteiger partial charge in [0.25, 0.3) is 0 Å². The summed E-state index contributed by atoms with van der Waals surface area (Å²) in [4.78, 5) is 17.0. The summed E-state index contributed by atoms with van der Waals surface area (Å²) in [6.07, 6.45) is 0.924. The lowest BCUT2D eigenvalue weighted by atomic mass is 10.2. The van der Waals surface area contributed by atoms with E-state index in [4.69, 9.17) is 9.72 Å². The van der Waals surface area contributed by atoms with Crippen molar-refractivity contribution in [3.8, 4) is 11.4 Å². The fraction of sp³-hybridized carbons (Fsp3) is 0.300. The molecule has 0 aliphatic rings. The largest absolute Gasteiger partial charge is 0.497 e. The third-order valence-electron chi connectivity index (χ3n) is 4.06. The number of carbonyl (C=O) groups excluding carboxylic acids is 1. The van der Waals surface area contributed by atoms with Crippen LogP contribution in [0, 0.1) is 0 Å². The van der Waals surface area contributed by atoms with Crippen molar-refractivity contribution in [3.05, 3.63) is 48.5 Å². The highest BCUT2D eigenvalue weighted by molar-refractivity contribution is 8.00. The molecule has 0 fully saturated rings. The Morgan fingerprint density at radius 1 is 1.23 bits per heavy atom. The Balaban J connectivity index is 1.97. The number of ether oxygens (including phenoxy) is 1. The van der Waals surface area contributed by atoms with Crippen molar-refractivity contribution >= 4 is 28.7 Å². The summed E-state index contributed by atoms with van der Waals surface area (Å²) in [5.74, 6) is 0.838. The molecule has 6 heteroatoms. The second-order valence-corrected chi connectivity index (χ2v) is 7.28. The van der Waals surface area contributed by atoms with Crippen LogP contribution in [0.15, 0.2) is 53.7 Å². The molecule has 1 amide bonds. The highest BCUT2D eigenvalue weighted by Crippen LogP contribution is 2.31. The van der Waals surface area contributed by atoms with E-state index in [0.717, 1.165) is 34.0 Å². The van der Waals surface area contributed by atoms with Gasteiger partial charge in [0.05, 0.1) is 23.4 Å². The first-order valence-electron chi connectivity index (χ1n) is 8.70. The second-order valence-electron chi connectivity index (χ2n) is 5.97. The Morgan fingerprint density at radius 3 is 2.65 bits per heavy atom. The smallest absolute Gasteiger partial charge is 0.233 e. The molecule has 0 aliphatic carbocycles. The number of fused-ring (bicyclic) bond motifs is 1. The maximum atomic E-state index is 12.3. The average Bonchev–Trinajstić information content (AvgIpc) is 3.03. The van der Waals surface area contributed by atoms with Gasteiger partial charge in [0.15, 0.2) is 5.16 Å². The van der Waals surface area contributed by atoms with Crippen LogP contribution in [-0.2, 0) is 4.79 Å². The molecule has 0 saturated carbocycles. The molecule has 0 spiro atoms. The van der Waals surface area contributed by atoms with E-state index in [0.29, 0.717) is 6.54 Å². The van der Waals surface area contributed by atoms with Gasteiger partial charge in [-0.1, -0.05) is 30.8 Å². The van der Waals surface area contributed by atoms with Crippen LogP contribution in [-0.4, -0.2) is 34.4 Å². The fourth-order valence-corrected chi connectivity index (χ4v) is 3.63. The summed E-state index contributed by atoms with van der Waals surface area (Å²) >= 11 is 1.47. The van der Waals surface area contributed by atoms with Crippen LogP contribution in [0.5, 0.6) is 5.75 Å². The third-order valence-corrected chi connectivity index (χ3v) is 5.11. The van der Waals surface area contributed by atoms with Crippen molar-refractivity contribution in [2.75, 3.05) is 13.7 Å². The van der Waals surface area contributed by atoms with Crippen LogP contribution < -0.4 is 10.1 Å². The van der Waals surface area contributed by atoms with Gasteiger partial charge in [0.2, 0.25) is 5.91 Å². The minimum atomic E-state index is -0.227. The number of nitrogens with zero attached hydrogens (tertiary/aromatic N) is 2. The van der Waals surface area contributed by atoms with Crippen LogP contribution in [0.25, 0.3) is 16.7 Å². The van der Waals surface area contributed by atoms with Gasteiger partial charge in [0.1, 0.15) is 5.75 Å². The molecular weight excluding hydrogens is 346 g/mol. The van der Waals surface area contributed by atoms with Gasteiger partial charge in [0, 0.05) is 12.2 Å². The number of methoxy groups -OCH3 is 1. The molecule has 0 bridgehead atoms. The molecule has 1 unspecified atom stereocenters. The quantitative estimate of drug-likeness (QED) is 0.639. The molecule has 5 nitrogen and oxygen atoms in total. The molecule has 136 valence electrons. The van der Waals surface area contributed by atoms with Crippen LogP contribution in [0.1, 0.15) is 20.3 Å². The van der Waals surface area contributed by atoms with Crippen LogP contribution in [0.3, 0.4) is 0 Å². The Morgan fingerprint density at radius 2 is 1.96 bits per heavy atom. The summed E-state index contributed by atoms with van der Waals surface area (Å²) < 4.78 is 7.34. The lowest BCUT2D eigenvalue weighted by Crippen LogP contribution is -2.31. The summed E-state index contributed by atoms with van der Waals surface area (Å²) in [7, 11) is 1.65. The first-order chi connectivity index (χ1) is 12.6. The van der Waals surface area contributed by atoms with Gasteiger partial charge in [-0.25, -0.2) is 4.98 Å². The average molecular weight is 369 g/mol. The number of amides is 1. The number of imidazole rings is 1. The van der Waals surface area contributed by atoms with Gasteiger partial charge < -0.3 is 10.1 Å². The summed E-state index contributed by atoms with van der Waals surface area (Å²) in [5, 5.41) is 3.52. The maximum Gasteiger partial charge on any atom is 0.233 e. The molecular formula is C20H23N3O2S. The number of aromatic nitrogens is 2. The Hall–Kier alpha value is -2.47. The first-order valence-corrected chi connectivity index (χ1v) is 9.58. The van der Waals surface area contributed by atoms with Crippen LogP contribution in [0.2, 0.25) is 0 Å². The number of rotatable bonds is 7. The van der Waals surface area contributed by atoms with E-state index >= 15 is 0 Å². The van der Waals surface area contributed by atoms with Crippen molar-refractivity contribution < 1.29 is 9.53 Å². The zero-order valence-electron chi connectivity index (χ0n) is 15.2. The summed E-state index contributed by atoms with van der Waals surface area (Å²) in [6, 6.07) is 15.8. The predicted octanol–water partition coefficient (Wildman–Crippen LogP) is 4.04. The lowest BCUT2D eigenvalue weighted by Gasteiger charge is -2.13. The Labute approximate surface area is 157 Å². The highest BCUT2D eigenvalue weighted by atomic mass is 32.2. The summed E-state index contributed by atoms with van der Waals surface area (Å²) in [6.45, 7) is 4.65. The van der Waals surface area contributed by atoms with Gasteiger partial charge in [-0.15, -0.1) is 0 Å². The molecule has 0 saturated heterocycles. The second kappa shape index (κ2) is 8.27. The predicted molar refractivity (Wildman–Crippen MR) is 106 cm³/mol. The standard InChI is InChI=1S/C20H23N3O2S/c1-4-13-21-19(24)14(2)26-20-22-17-7-5-6-8-18(17)23(20)15-9-11-16(25-3)12-10-15/h5-12,14H,4,13H2,1-3H3,(H,21,24). The molecule has 1 heterocycles. The van der Waals surface area contributed by atoms with E-state index in [-0.39, 0.29) is 11.2 Å². The molecule has 3 rings (SSSR count). The van der Waals surface area contributed by atoms with Crippen molar-refractivity contribution in [2.45, 2.75) is 30.7 Å². The Kier molecular flexibility index (Phi) is 5.83.